The Morgan fingerprint density at radius 2 is 1.83 bits per heavy atom. The summed E-state index contributed by atoms with van der Waals surface area (Å²) in [6.07, 6.45) is 16.4. The summed E-state index contributed by atoms with van der Waals surface area (Å²) in [5.74, 6) is 1.31. The minimum Gasteiger partial charge on any atom is -0.310 e. The van der Waals surface area contributed by atoms with Crippen molar-refractivity contribution < 1.29 is 9.59 Å². The third kappa shape index (κ3) is 3.37. The molecule has 3 heterocycles. The highest BCUT2D eigenvalue weighted by Crippen LogP contribution is 2.47. The summed E-state index contributed by atoms with van der Waals surface area (Å²) in [4.78, 5) is 37.9. The number of nitrogens with one attached hydrogen (secondary N) is 1. The molecule has 2 saturated carbocycles. The number of amides is 2. The molecule has 1 N–H and O–H groups in total. The molecule has 1 unspecified atom stereocenters. The Morgan fingerprint density at radius 3 is 2.64 bits per heavy atom. The van der Waals surface area contributed by atoms with E-state index in [1.54, 1.807) is 6.20 Å². The van der Waals surface area contributed by atoms with E-state index in [1.807, 2.05) is 12.1 Å². The summed E-state index contributed by atoms with van der Waals surface area (Å²) < 4.78 is 0. The fourth-order valence-corrected chi connectivity index (χ4v) is 6.90. The highest BCUT2D eigenvalue weighted by Gasteiger charge is 2.51. The molecule has 1 aromatic heterocycles. The van der Waals surface area contributed by atoms with Crippen LogP contribution in [0.2, 0.25) is 0 Å². The maximum absolute atomic E-state index is 13.4. The van der Waals surface area contributed by atoms with Gasteiger partial charge in [0.2, 0.25) is 5.91 Å². The predicted octanol–water partition coefficient (Wildman–Crippen LogP) is 4.83. The van der Waals surface area contributed by atoms with Crippen molar-refractivity contribution in [1.82, 2.24) is 9.88 Å². The summed E-state index contributed by atoms with van der Waals surface area (Å²) in [6.45, 7) is 0.598. The molecule has 2 aliphatic heterocycles. The van der Waals surface area contributed by atoms with Gasteiger partial charge in [0, 0.05) is 24.2 Å². The van der Waals surface area contributed by atoms with Crippen LogP contribution in [0, 0.1) is 5.92 Å². The Hall–Kier alpha value is -3.28. The van der Waals surface area contributed by atoms with Gasteiger partial charge in [-0.1, -0.05) is 49.3 Å². The highest BCUT2D eigenvalue weighted by atomic mass is 16.2. The SMILES string of the molecule is O=C1C(C2CC2)=NC2(CCCCCC2)N1C/C=C/c1ccc2c(c1)CC1(C2)C(=O)Nc2ncccc21. The second kappa shape index (κ2) is 8.12. The molecular formula is C30H32N4O2. The molecule has 1 aromatic carbocycles. The lowest BCUT2D eigenvalue weighted by Crippen LogP contribution is -2.46. The molecule has 5 aliphatic rings. The molecular weight excluding hydrogens is 448 g/mol. The van der Waals surface area contributed by atoms with Gasteiger partial charge in [0.05, 0.1) is 5.41 Å². The zero-order valence-electron chi connectivity index (χ0n) is 20.6. The molecule has 2 spiro atoms. The van der Waals surface area contributed by atoms with Crippen LogP contribution in [-0.2, 0) is 27.8 Å². The average Bonchev–Trinajstić information content (AvgIpc) is 3.58. The van der Waals surface area contributed by atoms with Crippen molar-refractivity contribution in [2.45, 2.75) is 75.3 Å². The van der Waals surface area contributed by atoms with Crippen LogP contribution in [0.4, 0.5) is 5.82 Å². The molecule has 0 saturated heterocycles. The lowest BCUT2D eigenvalue weighted by atomic mass is 9.79. The molecule has 6 heteroatoms. The zero-order valence-corrected chi connectivity index (χ0v) is 20.6. The first-order valence-corrected chi connectivity index (χ1v) is 13.6. The second-order valence-corrected chi connectivity index (χ2v) is 11.3. The van der Waals surface area contributed by atoms with Gasteiger partial charge in [0.1, 0.15) is 17.2 Å². The molecule has 2 fully saturated rings. The molecule has 0 radical (unpaired) electrons. The number of pyridine rings is 1. The lowest BCUT2D eigenvalue weighted by molar-refractivity contribution is -0.127. The number of hydrogen-bond donors (Lipinski definition) is 1. The number of aliphatic imine (C=N–C) groups is 1. The van der Waals surface area contributed by atoms with E-state index in [4.69, 9.17) is 4.99 Å². The molecule has 2 amide bonds. The van der Waals surface area contributed by atoms with Gasteiger partial charge in [-0.15, -0.1) is 0 Å². The lowest BCUT2D eigenvalue weighted by Gasteiger charge is -2.35. The number of fused-ring (bicyclic) bond motifs is 3. The largest absolute Gasteiger partial charge is 0.310 e. The number of aromatic nitrogens is 1. The van der Waals surface area contributed by atoms with Crippen LogP contribution in [0.5, 0.6) is 0 Å². The molecule has 7 rings (SSSR count). The quantitative estimate of drug-likeness (QED) is 0.681. The Bertz CT molecular complexity index is 1320. The standard InChI is InChI=1S/C30H32N4O2/c35-27-25(21-11-12-21)33-30(13-3-1-2-4-14-30)34(27)16-6-7-20-9-10-22-18-29(19-23(22)17-20)24-8-5-15-31-26(24)32-28(29)36/h5-10,15,17,21H,1-4,11-14,16,18-19H2,(H,31,32,36)/b7-6+. The van der Waals surface area contributed by atoms with E-state index in [1.165, 1.54) is 24.0 Å². The molecule has 6 nitrogen and oxygen atoms in total. The Kier molecular flexibility index (Phi) is 4.95. The van der Waals surface area contributed by atoms with E-state index in [0.29, 0.717) is 31.1 Å². The molecule has 2 aromatic rings. The van der Waals surface area contributed by atoms with Crippen molar-refractivity contribution in [2.75, 3.05) is 11.9 Å². The van der Waals surface area contributed by atoms with Crippen LogP contribution in [0.1, 0.15) is 73.6 Å². The van der Waals surface area contributed by atoms with Crippen LogP contribution in [0.25, 0.3) is 6.08 Å². The topological polar surface area (TPSA) is 74.7 Å². The third-order valence-corrected chi connectivity index (χ3v) is 8.97. The number of carbonyl (C=O) groups is 2. The summed E-state index contributed by atoms with van der Waals surface area (Å²) >= 11 is 0. The van der Waals surface area contributed by atoms with Crippen molar-refractivity contribution in [3.8, 4) is 0 Å². The maximum atomic E-state index is 13.4. The predicted molar refractivity (Wildman–Crippen MR) is 140 cm³/mol. The second-order valence-electron chi connectivity index (χ2n) is 11.3. The van der Waals surface area contributed by atoms with Crippen molar-refractivity contribution >= 4 is 29.4 Å². The van der Waals surface area contributed by atoms with E-state index < -0.39 is 5.41 Å². The van der Waals surface area contributed by atoms with E-state index in [9.17, 15) is 9.59 Å². The van der Waals surface area contributed by atoms with Crippen molar-refractivity contribution in [3.05, 3.63) is 64.9 Å². The molecule has 0 bridgehead atoms. The minimum absolute atomic E-state index is 0.0530. The van der Waals surface area contributed by atoms with Gasteiger partial charge in [0.25, 0.3) is 5.91 Å². The fourth-order valence-electron chi connectivity index (χ4n) is 6.90. The van der Waals surface area contributed by atoms with Crippen molar-refractivity contribution in [2.24, 2.45) is 10.9 Å². The van der Waals surface area contributed by atoms with Gasteiger partial charge < -0.3 is 10.2 Å². The zero-order chi connectivity index (χ0) is 24.3. The summed E-state index contributed by atoms with van der Waals surface area (Å²) in [6, 6.07) is 10.4. The Labute approximate surface area is 211 Å². The summed E-state index contributed by atoms with van der Waals surface area (Å²) in [5.41, 5.74) is 4.56. The maximum Gasteiger partial charge on any atom is 0.270 e. The molecule has 1 atom stereocenters. The monoisotopic (exact) mass is 480 g/mol. The Morgan fingerprint density at radius 1 is 1.03 bits per heavy atom. The highest BCUT2D eigenvalue weighted by molar-refractivity contribution is 6.41. The number of nitrogens with zero attached hydrogens (tertiary/aromatic N) is 3. The normalized spacial score (nSPS) is 26.4. The summed E-state index contributed by atoms with van der Waals surface area (Å²) in [5, 5.41) is 2.99. The minimum atomic E-state index is -0.543. The van der Waals surface area contributed by atoms with E-state index in [0.717, 1.165) is 55.4 Å². The first kappa shape index (κ1) is 22.0. The number of carbonyl (C=O) groups excluding carboxylic acids is 2. The Balaban J connectivity index is 1.11. The molecule has 36 heavy (non-hydrogen) atoms. The van der Waals surface area contributed by atoms with Gasteiger partial charge in [-0.3, -0.25) is 14.6 Å². The van der Waals surface area contributed by atoms with Crippen molar-refractivity contribution in [1.29, 1.82) is 0 Å². The van der Waals surface area contributed by atoms with Crippen LogP contribution in [-0.4, -0.2) is 39.6 Å². The molecule has 184 valence electrons. The van der Waals surface area contributed by atoms with Gasteiger partial charge in [-0.05, 0) is 74.1 Å². The summed E-state index contributed by atoms with van der Waals surface area (Å²) in [7, 11) is 0. The van der Waals surface area contributed by atoms with E-state index in [2.05, 4.69) is 45.6 Å². The first-order valence-electron chi connectivity index (χ1n) is 13.6. The number of anilines is 1. The smallest absolute Gasteiger partial charge is 0.270 e. The van der Waals surface area contributed by atoms with E-state index in [-0.39, 0.29) is 17.5 Å². The van der Waals surface area contributed by atoms with Crippen LogP contribution in [0.15, 0.2) is 47.6 Å². The van der Waals surface area contributed by atoms with Crippen molar-refractivity contribution in [3.63, 3.8) is 0 Å². The van der Waals surface area contributed by atoms with E-state index >= 15 is 0 Å². The first-order chi connectivity index (χ1) is 17.6. The van der Waals surface area contributed by atoms with Gasteiger partial charge in [0.15, 0.2) is 0 Å². The van der Waals surface area contributed by atoms with Gasteiger partial charge in [-0.2, -0.15) is 0 Å². The van der Waals surface area contributed by atoms with Crippen LogP contribution < -0.4 is 5.32 Å². The number of hydrogen-bond acceptors (Lipinski definition) is 4. The fraction of sp³-hybridized carbons (Fsp3) is 0.467. The third-order valence-electron chi connectivity index (χ3n) is 8.97. The number of benzene rings is 1. The van der Waals surface area contributed by atoms with Gasteiger partial charge in [-0.25, -0.2) is 4.98 Å². The number of rotatable bonds is 4. The van der Waals surface area contributed by atoms with Gasteiger partial charge >= 0.3 is 0 Å². The van der Waals surface area contributed by atoms with Crippen LogP contribution in [0.3, 0.4) is 0 Å². The molecule has 3 aliphatic carbocycles. The average molecular weight is 481 g/mol. The van der Waals surface area contributed by atoms with Crippen LogP contribution >= 0.6 is 0 Å².